The standard InChI is InChI=1S/C21H31NO4/c1-5-11-21(20(23)22-12-7-8-18(22)16-24-3)14-17(15-26-13-6-2)9-10-19(21)25-4/h5-6,10,14,18H,1-2,7-9,11-13,15-16H2,3-4H3/t18-,21+/m0/s1. The van der Waals surface area contributed by atoms with Crippen LogP contribution in [-0.4, -0.2) is 57.4 Å². The van der Waals surface area contributed by atoms with Gasteiger partial charge < -0.3 is 19.1 Å². The van der Waals surface area contributed by atoms with E-state index in [1.807, 2.05) is 17.1 Å². The Morgan fingerprint density at radius 3 is 2.85 bits per heavy atom. The second-order valence-electron chi connectivity index (χ2n) is 6.80. The van der Waals surface area contributed by atoms with E-state index in [4.69, 9.17) is 14.2 Å². The van der Waals surface area contributed by atoms with Crippen LogP contribution >= 0.6 is 0 Å². The van der Waals surface area contributed by atoms with Crippen molar-refractivity contribution in [3.8, 4) is 0 Å². The highest BCUT2D eigenvalue weighted by Crippen LogP contribution is 2.42. The smallest absolute Gasteiger partial charge is 0.240 e. The maximum Gasteiger partial charge on any atom is 0.240 e. The minimum atomic E-state index is -0.849. The van der Waals surface area contributed by atoms with Gasteiger partial charge in [-0.2, -0.15) is 0 Å². The van der Waals surface area contributed by atoms with Crippen molar-refractivity contribution < 1.29 is 19.0 Å². The SMILES string of the molecule is C=CCOCC1=C[C@@](CC=C)(C(=O)N2CCC[C@H]2COC)C(OC)=CC1. The van der Waals surface area contributed by atoms with E-state index < -0.39 is 5.41 Å². The molecule has 26 heavy (non-hydrogen) atoms. The molecule has 0 bridgehead atoms. The molecular weight excluding hydrogens is 330 g/mol. The van der Waals surface area contributed by atoms with Gasteiger partial charge in [-0.1, -0.05) is 18.2 Å². The lowest BCUT2D eigenvalue weighted by molar-refractivity contribution is -0.141. The number of amides is 1. The average molecular weight is 361 g/mol. The van der Waals surface area contributed by atoms with E-state index in [2.05, 4.69) is 13.2 Å². The van der Waals surface area contributed by atoms with Gasteiger partial charge >= 0.3 is 0 Å². The molecule has 144 valence electrons. The summed E-state index contributed by atoms with van der Waals surface area (Å²) >= 11 is 0. The lowest BCUT2D eigenvalue weighted by Gasteiger charge is -2.38. The van der Waals surface area contributed by atoms with Crippen molar-refractivity contribution in [1.29, 1.82) is 0 Å². The number of allylic oxidation sites excluding steroid dienone is 2. The van der Waals surface area contributed by atoms with Crippen molar-refractivity contribution in [3.05, 3.63) is 48.8 Å². The van der Waals surface area contributed by atoms with Crippen LogP contribution in [-0.2, 0) is 19.0 Å². The van der Waals surface area contributed by atoms with Crippen LogP contribution in [0.5, 0.6) is 0 Å². The molecule has 0 N–H and O–H groups in total. The van der Waals surface area contributed by atoms with E-state index >= 15 is 0 Å². The summed E-state index contributed by atoms with van der Waals surface area (Å²) in [5.41, 5.74) is 0.225. The fraction of sp³-hybridized carbons (Fsp3) is 0.571. The van der Waals surface area contributed by atoms with Crippen molar-refractivity contribution in [3.63, 3.8) is 0 Å². The third-order valence-electron chi connectivity index (χ3n) is 5.03. The quantitative estimate of drug-likeness (QED) is 0.443. The third-order valence-corrected chi connectivity index (χ3v) is 5.03. The molecule has 0 aromatic carbocycles. The minimum Gasteiger partial charge on any atom is -0.500 e. The number of methoxy groups -OCH3 is 2. The van der Waals surface area contributed by atoms with E-state index in [0.717, 1.165) is 25.0 Å². The van der Waals surface area contributed by atoms with E-state index in [0.29, 0.717) is 38.4 Å². The zero-order chi connectivity index (χ0) is 19.0. The van der Waals surface area contributed by atoms with Crippen molar-refractivity contribution in [2.45, 2.75) is 31.7 Å². The van der Waals surface area contributed by atoms with Crippen LogP contribution in [0.2, 0.25) is 0 Å². The molecule has 0 radical (unpaired) electrons. The van der Waals surface area contributed by atoms with Crippen molar-refractivity contribution in [2.75, 3.05) is 40.6 Å². The Balaban J connectivity index is 2.34. The summed E-state index contributed by atoms with van der Waals surface area (Å²) in [7, 11) is 3.30. The normalized spacial score (nSPS) is 25.5. The number of likely N-dealkylation sites (tertiary alicyclic amines) is 1. The molecule has 2 rings (SSSR count). The first-order chi connectivity index (χ1) is 12.6. The van der Waals surface area contributed by atoms with Gasteiger partial charge in [0, 0.05) is 13.7 Å². The summed E-state index contributed by atoms with van der Waals surface area (Å²) in [5.74, 6) is 0.754. The Morgan fingerprint density at radius 2 is 2.19 bits per heavy atom. The van der Waals surface area contributed by atoms with Gasteiger partial charge in [0.25, 0.3) is 0 Å². The second-order valence-corrected chi connectivity index (χ2v) is 6.80. The van der Waals surface area contributed by atoms with Crippen molar-refractivity contribution in [1.82, 2.24) is 4.90 Å². The van der Waals surface area contributed by atoms with E-state index in [1.54, 1.807) is 26.4 Å². The van der Waals surface area contributed by atoms with Crippen LogP contribution in [0.3, 0.4) is 0 Å². The van der Waals surface area contributed by atoms with Crippen LogP contribution < -0.4 is 0 Å². The number of hydrogen-bond acceptors (Lipinski definition) is 4. The third kappa shape index (κ3) is 4.27. The highest BCUT2D eigenvalue weighted by Gasteiger charge is 2.47. The molecule has 0 spiro atoms. The molecule has 2 aliphatic rings. The molecule has 5 heteroatoms. The predicted octanol–water partition coefficient (Wildman–Crippen LogP) is 3.25. The molecule has 0 aromatic heterocycles. The molecule has 1 heterocycles. The second kappa shape index (κ2) is 9.74. The highest BCUT2D eigenvalue weighted by molar-refractivity contribution is 5.89. The summed E-state index contributed by atoms with van der Waals surface area (Å²) in [4.78, 5) is 15.6. The van der Waals surface area contributed by atoms with Crippen LogP contribution in [0.15, 0.2) is 48.8 Å². The number of hydrogen-bond donors (Lipinski definition) is 0. The van der Waals surface area contributed by atoms with Gasteiger partial charge in [-0.15, -0.1) is 13.2 Å². The van der Waals surface area contributed by atoms with Gasteiger partial charge in [0.2, 0.25) is 5.91 Å². The Kier molecular flexibility index (Phi) is 7.66. The first-order valence-electron chi connectivity index (χ1n) is 9.17. The minimum absolute atomic E-state index is 0.0611. The summed E-state index contributed by atoms with van der Waals surface area (Å²) in [5, 5.41) is 0. The molecule has 5 nitrogen and oxygen atoms in total. The van der Waals surface area contributed by atoms with Gasteiger partial charge in [0.1, 0.15) is 11.2 Å². The maximum atomic E-state index is 13.6. The zero-order valence-corrected chi connectivity index (χ0v) is 16.0. The lowest BCUT2D eigenvalue weighted by Crippen LogP contribution is -2.48. The summed E-state index contributed by atoms with van der Waals surface area (Å²) in [6.45, 7) is 9.83. The Morgan fingerprint density at radius 1 is 1.38 bits per heavy atom. The highest BCUT2D eigenvalue weighted by atomic mass is 16.5. The molecule has 2 atom stereocenters. The molecule has 1 amide bonds. The lowest BCUT2D eigenvalue weighted by atomic mass is 9.75. The zero-order valence-electron chi connectivity index (χ0n) is 16.0. The Hall–Kier alpha value is -1.85. The van der Waals surface area contributed by atoms with Gasteiger partial charge in [-0.05, 0) is 37.3 Å². The molecule has 1 aliphatic heterocycles. The van der Waals surface area contributed by atoms with Gasteiger partial charge in [0.15, 0.2) is 0 Å². The fourth-order valence-corrected chi connectivity index (χ4v) is 3.89. The molecule has 1 saturated heterocycles. The van der Waals surface area contributed by atoms with Crippen LogP contribution in [0, 0.1) is 5.41 Å². The number of rotatable bonds is 10. The Labute approximate surface area is 157 Å². The Bertz CT molecular complexity index is 581. The summed E-state index contributed by atoms with van der Waals surface area (Å²) in [6.07, 6.45) is 10.7. The first kappa shape index (κ1) is 20.5. The molecular formula is C21H31NO4. The van der Waals surface area contributed by atoms with E-state index in [1.165, 1.54) is 0 Å². The average Bonchev–Trinajstić information content (AvgIpc) is 3.10. The van der Waals surface area contributed by atoms with E-state index in [9.17, 15) is 4.79 Å². The number of carbonyl (C=O) groups is 1. The van der Waals surface area contributed by atoms with Gasteiger partial charge in [-0.25, -0.2) is 0 Å². The van der Waals surface area contributed by atoms with Crippen LogP contribution in [0.25, 0.3) is 0 Å². The number of nitrogens with zero attached hydrogens (tertiary/aromatic N) is 1. The molecule has 0 unspecified atom stereocenters. The first-order valence-corrected chi connectivity index (χ1v) is 9.17. The molecule has 0 aromatic rings. The van der Waals surface area contributed by atoms with Crippen LogP contribution in [0.4, 0.5) is 0 Å². The van der Waals surface area contributed by atoms with Gasteiger partial charge in [0.05, 0.1) is 33.0 Å². The monoisotopic (exact) mass is 361 g/mol. The predicted molar refractivity (Wildman–Crippen MR) is 103 cm³/mol. The summed E-state index contributed by atoms with van der Waals surface area (Å²) < 4.78 is 16.6. The maximum absolute atomic E-state index is 13.6. The van der Waals surface area contributed by atoms with Crippen LogP contribution in [0.1, 0.15) is 25.7 Å². The largest absolute Gasteiger partial charge is 0.500 e. The fourth-order valence-electron chi connectivity index (χ4n) is 3.89. The van der Waals surface area contributed by atoms with Gasteiger partial charge in [-0.3, -0.25) is 4.79 Å². The summed E-state index contributed by atoms with van der Waals surface area (Å²) in [6, 6.07) is 0.114. The van der Waals surface area contributed by atoms with E-state index in [-0.39, 0.29) is 11.9 Å². The van der Waals surface area contributed by atoms with Crippen molar-refractivity contribution >= 4 is 5.91 Å². The number of carbonyl (C=O) groups excluding carboxylic acids is 1. The van der Waals surface area contributed by atoms with Crippen molar-refractivity contribution in [2.24, 2.45) is 5.41 Å². The molecule has 1 fully saturated rings. The molecule has 1 aliphatic carbocycles. The number of ether oxygens (including phenoxy) is 3. The molecule has 0 saturated carbocycles. The topological polar surface area (TPSA) is 48.0 Å².